The number of nitriles is 1. The van der Waals surface area contributed by atoms with E-state index in [9.17, 15) is 8.42 Å². The third-order valence-electron chi connectivity index (χ3n) is 3.63. The topological polar surface area (TPSA) is 61.2 Å². The number of nitrogens with zero attached hydrogens (tertiary/aromatic N) is 2. The summed E-state index contributed by atoms with van der Waals surface area (Å²) >= 11 is 5.97. The van der Waals surface area contributed by atoms with Crippen molar-refractivity contribution in [2.75, 3.05) is 13.1 Å². The van der Waals surface area contributed by atoms with Crippen molar-refractivity contribution in [1.29, 1.82) is 5.26 Å². The van der Waals surface area contributed by atoms with E-state index in [4.69, 9.17) is 16.9 Å². The van der Waals surface area contributed by atoms with Crippen LogP contribution in [0, 0.1) is 23.2 Å². The van der Waals surface area contributed by atoms with Gasteiger partial charge in [0, 0.05) is 13.1 Å². The molecule has 4 nitrogen and oxygen atoms in total. The summed E-state index contributed by atoms with van der Waals surface area (Å²) in [5.41, 5.74) is 0.295. The fourth-order valence-corrected chi connectivity index (χ4v) is 4.32. The molecule has 102 valence electrons. The molecule has 1 saturated heterocycles. The van der Waals surface area contributed by atoms with Gasteiger partial charge < -0.3 is 0 Å². The quantitative estimate of drug-likeness (QED) is 0.843. The molecule has 1 fully saturated rings. The molecule has 0 amide bonds. The highest BCUT2D eigenvalue weighted by Gasteiger charge is 2.36. The van der Waals surface area contributed by atoms with Crippen LogP contribution >= 0.6 is 11.6 Å². The van der Waals surface area contributed by atoms with Gasteiger partial charge in [0.15, 0.2) is 0 Å². The van der Waals surface area contributed by atoms with Crippen LogP contribution in [0.3, 0.4) is 0 Å². The van der Waals surface area contributed by atoms with Gasteiger partial charge in [-0.25, -0.2) is 8.42 Å². The van der Waals surface area contributed by atoms with Crippen LogP contribution < -0.4 is 0 Å². The maximum atomic E-state index is 12.5. The van der Waals surface area contributed by atoms with Crippen LogP contribution in [0.4, 0.5) is 0 Å². The lowest BCUT2D eigenvalue weighted by Gasteiger charge is -2.17. The molecule has 2 unspecified atom stereocenters. The van der Waals surface area contributed by atoms with Crippen LogP contribution in [-0.2, 0) is 10.0 Å². The van der Waals surface area contributed by atoms with E-state index in [1.165, 1.54) is 22.5 Å². The maximum absolute atomic E-state index is 12.5. The zero-order valence-electron chi connectivity index (χ0n) is 10.8. The first kappa shape index (κ1) is 14.3. The first-order chi connectivity index (χ1) is 8.86. The van der Waals surface area contributed by atoms with Crippen molar-refractivity contribution in [2.24, 2.45) is 11.8 Å². The summed E-state index contributed by atoms with van der Waals surface area (Å²) in [5, 5.41) is 9.03. The average Bonchev–Trinajstić information content (AvgIpc) is 2.71. The number of hydrogen-bond donors (Lipinski definition) is 0. The third kappa shape index (κ3) is 2.62. The first-order valence-corrected chi connectivity index (χ1v) is 7.88. The molecule has 0 N–H and O–H groups in total. The van der Waals surface area contributed by atoms with E-state index >= 15 is 0 Å². The van der Waals surface area contributed by atoms with Crippen molar-refractivity contribution in [2.45, 2.75) is 18.7 Å². The molecule has 2 rings (SSSR count). The summed E-state index contributed by atoms with van der Waals surface area (Å²) in [7, 11) is -3.62. The normalized spacial score (nSPS) is 24.3. The predicted octanol–water partition coefficient (Wildman–Crippen LogP) is 2.49. The maximum Gasteiger partial charge on any atom is 0.244 e. The Morgan fingerprint density at radius 2 is 1.89 bits per heavy atom. The first-order valence-electron chi connectivity index (χ1n) is 6.06. The summed E-state index contributed by atoms with van der Waals surface area (Å²) in [5.74, 6) is 0.653. The molecule has 0 aliphatic carbocycles. The molecule has 6 heteroatoms. The van der Waals surface area contributed by atoms with Gasteiger partial charge >= 0.3 is 0 Å². The highest BCUT2D eigenvalue weighted by atomic mass is 35.5. The number of halogens is 1. The van der Waals surface area contributed by atoms with Crippen LogP contribution in [0.5, 0.6) is 0 Å². The Bertz CT molecular complexity index is 627. The van der Waals surface area contributed by atoms with Gasteiger partial charge in [-0.1, -0.05) is 25.4 Å². The molecule has 19 heavy (non-hydrogen) atoms. The number of rotatable bonds is 2. The van der Waals surface area contributed by atoms with E-state index < -0.39 is 10.0 Å². The zero-order valence-corrected chi connectivity index (χ0v) is 12.4. The van der Waals surface area contributed by atoms with E-state index in [2.05, 4.69) is 0 Å². The molecular weight excluding hydrogens is 284 g/mol. The number of benzene rings is 1. The van der Waals surface area contributed by atoms with Gasteiger partial charge in [-0.05, 0) is 30.0 Å². The molecule has 1 aliphatic heterocycles. The minimum Gasteiger partial charge on any atom is -0.207 e. The van der Waals surface area contributed by atoms with Crippen molar-refractivity contribution >= 4 is 21.6 Å². The molecular formula is C13H15ClN2O2S. The predicted molar refractivity (Wildman–Crippen MR) is 73.3 cm³/mol. The standard InChI is InChI=1S/C13H15ClN2O2S/c1-9-7-16(8-10(9)2)19(17,18)13-5-11(6-15)3-4-12(13)14/h3-5,9-10H,7-8H2,1-2H3. The van der Waals surface area contributed by atoms with Crippen LogP contribution in [0.1, 0.15) is 19.4 Å². The summed E-state index contributed by atoms with van der Waals surface area (Å²) in [6.45, 7) is 5.06. The number of hydrogen-bond acceptors (Lipinski definition) is 3. The van der Waals surface area contributed by atoms with Gasteiger partial charge in [-0.2, -0.15) is 9.57 Å². The molecule has 0 spiro atoms. The highest BCUT2D eigenvalue weighted by molar-refractivity contribution is 7.89. The van der Waals surface area contributed by atoms with E-state index in [-0.39, 0.29) is 9.92 Å². The van der Waals surface area contributed by atoms with Crippen molar-refractivity contribution in [1.82, 2.24) is 4.31 Å². The second-order valence-electron chi connectivity index (χ2n) is 5.03. The van der Waals surface area contributed by atoms with Crippen molar-refractivity contribution in [3.05, 3.63) is 28.8 Å². The molecule has 1 aliphatic rings. The Balaban J connectivity index is 2.43. The van der Waals surface area contributed by atoms with Crippen molar-refractivity contribution in [3.8, 4) is 6.07 Å². The monoisotopic (exact) mass is 298 g/mol. The minimum atomic E-state index is -3.62. The van der Waals surface area contributed by atoms with Crippen LogP contribution in [-0.4, -0.2) is 25.8 Å². The van der Waals surface area contributed by atoms with Crippen molar-refractivity contribution in [3.63, 3.8) is 0 Å². The van der Waals surface area contributed by atoms with Gasteiger partial charge in [0.05, 0.1) is 16.7 Å². The molecule has 1 aromatic rings. The summed E-state index contributed by atoms with van der Waals surface area (Å²) in [6, 6.07) is 6.24. The fraction of sp³-hybridized carbons (Fsp3) is 0.462. The molecule has 0 aromatic heterocycles. The summed E-state index contributed by atoms with van der Waals surface area (Å²) in [6.07, 6.45) is 0. The van der Waals surface area contributed by atoms with Gasteiger partial charge in [0.2, 0.25) is 10.0 Å². The Hall–Kier alpha value is -1.09. The van der Waals surface area contributed by atoms with E-state index in [1.807, 2.05) is 19.9 Å². The van der Waals surface area contributed by atoms with E-state index in [0.29, 0.717) is 30.5 Å². The van der Waals surface area contributed by atoms with Gasteiger partial charge in [0.25, 0.3) is 0 Å². The Morgan fingerprint density at radius 1 is 1.32 bits per heavy atom. The highest BCUT2D eigenvalue weighted by Crippen LogP contribution is 2.31. The van der Waals surface area contributed by atoms with Crippen LogP contribution in [0.25, 0.3) is 0 Å². The second kappa shape index (κ2) is 5.12. The molecule has 1 aromatic carbocycles. The molecule has 0 bridgehead atoms. The number of sulfonamides is 1. The Morgan fingerprint density at radius 3 is 2.42 bits per heavy atom. The lowest BCUT2D eigenvalue weighted by molar-refractivity contribution is 0.463. The Labute approximate surface area is 118 Å². The zero-order chi connectivity index (χ0) is 14.2. The van der Waals surface area contributed by atoms with Gasteiger partial charge in [0.1, 0.15) is 4.90 Å². The fourth-order valence-electron chi connectivity index (χ4n) is 2.18. The lowest BCUT2D eigenvalue weighted by atomic mass is 10.0. The van der Waals surface area contributed by atoms with Crippen molar-refractivity contribution < 1.29 is 8.42 Å². The molecule has 0 saturated carbocycles. The van der Waals surface area contributed by atoms with E-state index in [0.717, 1.165) is 0 Å². The largest absolute Gasteiger partial charge is 0.244 e. The van der Waals surface area contributed by atoms with Gasteiger partial charge in [-0.15, -0.1) is 0 Å². The van der Waals surface area contributed by atoms with Crippen LogP contribution in [0.2, 0.25) is 5.02 Å². The molecule has 1 heterocycles. The minimum absolute atomic E-state index is 0.0227. The SMILES string of the molecule is CC1CN(S(=O)(=O)c2cc(C#N)ccc2Cl)CC1C. The Kier molecular flexibility index (Phi) is 3.86. The molecule has 2 atom stereocenters. The smallest absolute Gasteiger partial charge is 0.207 e. The van der Waals surface area contributed by atoms with E-state index in [1.54, 1.807) is 0 Å². The summed E-state index contributed by atoms with van der Waals surface area (Å²) < 4.78 is 26.5. The average molecular weight is 299 g/mol. The summed E-state index contributed by atoms with van der Waals surface area (Å²) in [4.78, 5) is 0.0227. The van der Waals surface area contributed by atoms with Crippen LogP contribution in [0.15, 0.2) is 23.1 Å². The lowest BCUT2D eigenvalue weighted by Crippen LogP contribution is -2.29. The van der Waals surface area contributed by atoms with Gasteiger partial charge in [-0.3, -0.25) is 0 Å². The molecule has 0 radical (unpaired) electrons. The third-order valence-corrected chi connectivity index (χ3v) is 5.95. The second-order valence-corrected chi connectivity index (χ2v) is 7.35.